The van der Waals surface area contributed by atoms with Crippen LogP contribution in [0.5, 0.6) is 28.7 Å². The number of halogens is 2. The molecule has 1 unspecified atom stereocenters. The lowest BCUT2D eigenvalue weighted by Gasteiger charge is -2.23. The summed E-state index contributed by atoms with van der Waals surface area (Å²) >= 11 is 13.0. The molecule has 2 amide bonds. The topological polar surface area (TPSA) is 152 Å². The Hall–Kier alpha value is -7.34. The predicted molar refractivity (Wildman–Crippen MR) is 240 cm³/mol. The first-order valence-electron chi connectivity index (χ1n) is 19.4. The van der Waals surface area contributed by atoms with Gasteiger partial charge in [0.25, 0.3) is 11.8 Å². The fraction of sp³-hybridized carbons (Fsp3) is 0.102. The number of carbonyl (C=O) groups is 2. The fourth-order valence-electron chi connectivity index (χ4n) is 6.80. The van der Waals surface area contributed by atoms with Crippen molar-refractivity contribution in [3.63, 3.8) is 0 Å². The van der Waals surface area contributed by atoms with Gasteiger partial charge in [0.05, 0.1) is 29.2 Å². The number of rotatable bonds is 13. The summed E-state index contributed by atoms with van der Waals surface area (Å²) in [6.45, 7) is -0.357. The normalized spacial score (nSPS) is 11.7. The van der Waals surface area contributed by atoms with Crippen LogP contribution >= 0.6 is 23.2 Å². The average Bonchev–Trinajstić information content (AvgIpc) is 3.32. The molecule has 62 heavy (non-hydrogen) atoms. The zero-order chi connectivity index (χ0) is 43.4. The number of nitrogens with one attached hydrogen (secondary N) is 2. The smallest absolute Gasteiger partial charge is 0.258 e. The Morgan fingerprint density at radius 2 is 1.00 bits per heavy atom. The average molecular weight is 868 g/mol. The van der Waals surface area contributed by atoms with Crippen LogP contribution in [-0.4, -0.2) is 52.3 Å². The Morgan fingerprint density at radius 1 is 0.565 bits per heavy atom. The Labute approximate surface area is 367 Å². The molecule has 0 saturated heterocycles. The van der Waals surface area contributed by atoms with Gasteiger partial charge in [0.2, 0.25) is 0 Å². The predicted octanol–water partition coefficient (Wildman–Crippen LogP) is 9.77. The van der Waals surface area contributed by atoms with Crippen LogP contribution in [-0.2, 0) is 9.59 Å². The molecule has 0 aliphatic heterocycles. The molecule has 2 heterocycles. The van der Waals surface area contributed by atoms with Crippen LogP contribution in [0.4, 0.5) is 0 Å². The van der Waals surface area contributed by atoms with Crippen LogP contribution in [0.15, 0.2) is 164 Å². The standard InChI is InChI=1S/C25H21ClN2O4.C24H19ClN2O3/c1-31-21-12-6-5-10-18(21)23(28-22(29)15-32-16-8-3-2-4-9-16)19-14-20(26)17-11-7-13-27-24(17)25(19)30;25-20-14-19(24(29)23-18(20)12-7-13-26-23)22(16-8-3-1-4-9-16)27-21(28)15-30-17-10-5-2-6-11-17/h2-14,23,30H,15H2,1H3,(H,28,29);1-14,22,29H,15H2,(H,27,28)/t;22-/m.0/s1. The van der Waals surface area contributed by atoms with Gasteiger partial charge in [0, 0.05) is 39.9 Å². The number of aromatic hydroxyl groups is 2. The van der Waals surface area contributed by atoms with Gasteiger partial charge in [-0.15, -0.1) is 0 Å². The second-order valence-corrected chi connectivity index (χ2v) is 14.6. The number of para-hydroxylation sites is 3. The summed E-state index contributed by atoms with van der Waals surface area (Å²) < 4.78 is 16.6. The molecule has 312 valence electrons. The van der Waals surface area contributed by atoms with Crippen LogP contribution in [0, 0.1) is 0 Å². The van der Waals surface area contributed by atoms with Crippen molar-refractivity contribution >= 4 is 56.8 Å². The minimum atomic E-state index is -0.748. The van der Waals surface area contributed by atoms with E-state index in [0.29, 0.717) is 65.8 Å². The van der Waals surface area contributed by atoms with Crippen LogP contribution in [0.1, 0.15) is 34.3 Å². The first-order valence-corrected chi connectivity index (χ1v) is 20.1. The quantitative estimate of drug-likeness (QED) is 0.0888. The molecule has 0 radical (unpaired) electrons. The first-order chi connectivity index (χ1) is 30.2. The molecule has 4 N–H and O–H groups in total. The van der Waals surface area contributed by atoms with Gasteiger partial charge in [0.1, 0.15) is 39.8 Å². The highest BCUT2D eigenvalue weighted by Crippen LogP contribution is 2.41. The van der Waals surface area contributed by atoms with E-state index in [0.717, 1.165) is 5.56 Å². The lowest BCUT2D eigenvalue weighted by atomic mass is 9.95. The van der Waals surface area contributed by atoms with Crippen molar-refractivity contribution in [3.8, 4) is 28.7 Å². The van der Waals surface area contributed by atoms with E-state index >= 15 is 0 Å². The number of nitrogens with zero attached hydrogens (tertiary/aromatic N) is 2. The third-order valence-electron chi connectivity index (χ3n) is 9.73. The van der Waals surface area contributed by atoms with Crippen molar-refractivity contribution in [1.29, 1.82) is 0 Å². The Balaban J connectivity index is 0.000000187. The highest BCUT2D eigenvalue weighted by molar-refractivity contribution is 6.36. The van der Waals surface area contributed by atoms with E-state index in [9.17, 15) is 19.8 Å². The summed E-state index contributed by atoms with van der Waals surface area (Å²) in [7, 11) is 1.55. The molecule has 8 aromatic rings. The molecule has 0 aliphatic rings. The molecule has 2 atom stereocenters. The van der Waals surface area contributed by atoms with Crippen molar-refractivity contribution in [2.45, 2.75) is 12.1 Å². The van der Waals surface area contributed by atoms with E-state index in [2.05, 4.69) is 20.6 Å². The zero-order valence-electron chi connectivity index (χ0n) is 33.2. The third-order valence-corrected chi connectivity index (χ3v) is 10.4. The lowest BCUT2D eigenvalue weighted by Crippen LogP contribution is -2.33. The Kier molecular flexibility index (Phi) is 14.0. The number of phenols is 2. The molecule has 2 aromatic heterocycles. The van der Waals surface area contributed by atoms with Gasteiger partial charge >= 0.3 is 0 Å². The molecule has 6 aromatic carbocycles. The maximum Gasteiger partial charge on any atom is 0.258 e. The number of carbonyl (C=O) groups excluding carboxylic acids is 2. The van der Waals surface area contributed by atoms with Gasteiger partial charge in [-0.1, -0.05) is 108 Å². The fourth-order valence-corrected chi connectivity index (χ4v) is 7.34. The van der Waals surface area contributed by atoms with Gasteiger partial charge < -0.3 is 35.1 Å². The van der Waals surface area contributed by atoms with Gasteiger partial charge in [-0.3, -0.25) is 19.6 Å². The van der Waals surface area contributed by atoms with Crippen molar-refractivity contribution in [3.05, 3.63) is 196 Å². The molecule has 0 bridgehead atoms. The maximum atomic E-state index is 12.8. The monoisotopic (exact) mass is 866 g/mol. The van der Waals surface area contributed by atoms with Crippen molar-refractivity contribution < 1.29 is 34.0 Å². The minimum absolute atomic E-state index is 0.0202. The van der Waals surface area contributed by atoms with Crippen LogP contribution in [0.25, 0.3) is 21.8 Å². The Bertz CT molecular complexity index is 2800. The molecule has 0 fully saturated rings. The number of pyridine rings is 2. The maximum absolute atomic E-state index is 12.8. The highest BCUT2D eigenvalue weighted by Gasteiger charge is 2.27. The third kappa shape index (κ3) is 10.2. The Morgan fingerprint density at radius 3 is 1.50 bits per heavy atom. The summed E-state index contributed by atoms with van der Waals surface area (Å²) in [6, 6.07) is 43.8. The lowest BCUT2D eigenvalue weighted by molar-refractivity contribution is -0.124. The van der Waals surface area contributed by atoms with Crippen LogP contribution in [0.2, 0.25) is 10.0 Å². The molecular formula is C49H40Cl2N4O7. The molecule has 0 saturated carbocycles. The molecule has 11 nitrogen and oxygen atoms in total. The van der Waals surface area contributed by atoms with Gasteiger partial charge in [0.15, 0.2) is 13.2 Å². The van der Waals surface area contributed by atoms with E-state index < -0.39 is 12.1 Å². The van der Waals surface area contributed by atoms with Crippen LogP contribution in [0.3, 0.4) is 0 Å². The molecule has 0 spiro atoms. The number of ether oxygens (including phenoxy) is 3. The second kappa shape index (κ2) is 20.3. The SMILES string of the molecule is COc1ccccc1C(NC(=O)COc1ccccc1)c1cc(Cl)c2cccnc2c1O.O=C(COc1ccccc1)N[C@@H](c1ccccc1)c1cc(Cl)c2cccnc2c1O. The largest absolute Gasteiger partial charge is 0.505 e. The van der Waals surface area contributed by atoms with Crippen molar-refractivity contribution in [2.75, 3.05) is 20.3 Å². The van der Waals surface area contributed by atoms with Crippen molar-refractivity contribution in [2.24, 2.45) is 0 Å². The number of methoxy groups -OCH3 is 1. The van der Waals surface area contributed by atoms with E-state index in [1.165, 1.54) is 0 Å². The summed E-state index contributed by atoms with van der Waals surface area (Å²) in [5.41, 5.74) is 3.06. The number of aromatic nitrogens is 2. The number of hydrogen-bond acceptors (Lipinski definition) is 9. The van der Waals surface area contributed by atoms with E-state index in [1.54, 1.807) is 86.2 Å². The highest BCUT2D eigenvalue weighted by atomic mass is 35.5. The number of amides is 2. The van der Waals surface area contributed by atoms with Crippen molar-refractivity contribution in [1.82, 2.24) is 20.6 Å². The van der Waals surface area contributed by atoms with E-state index in [1.807, 2.05) is 84.9 Å². The summed E-state index contributed by atoms with van der Waals surface area (Å²) in [5, 5.41) is 30.0. The zero-order valence-corrected chi connectivity index (χ0v) is 34.8. The van der Waals surface area contributed by atoms with Gasteiger partial charge in [-0.25, -0.2) is 0 Å². The summed E-state index contributed by atoms with van der Waals surface area (Å²) in [4.78, 5) is 34.0. The molecule has 13 heteroatoms. The number of hydrogen-bond donors (Lipinski definition) is 4. The van der Waals surface area contributed by atoms with E-state index in [4.69, 9.17) is 37.4 Å². The summed E-state index contributed by atoms with van der Waals surface area (Å²) in [6.07, 6.45) is 3.17. The number of benzene rings is 6. The molecular weight excluding hydrogens is 827 g/mol. The number of fused-ring (bicyclic) bond motifs is 2. The van der Waals surface area contributed by atoms with Gasteiger partial charge in [-0.2, -0.15) is 0 Å². The van der Waals surface area contributed by atoms with E-state index in [-0.39, 0.29) is 36.5 Å². The van der Waals surface area contributed by atoms with Crippen LogP contribution < -0.4 is 24.8 Å². The minimum Gasteiger partial charge on any atom is -0.505 e. The van der Waals surface area contributed by atoms with Gasteiger partial charge in [-0.05, 0) is 72.3 Å². The second-order valence-electron chi connectivity index (χ2n) is 13.7. The first kappa shape index (κ1) is 42.8. The molecule has 0 aliphatic carbocycles. The number of phenolic OH excluding ortho intramolecular Hbond substituents is 2. The summed E-state index contributed by atoms with van der Waals surface area (Å²) in [5.74, 6) is 0.949. The molecule has 8 rings (SSSR count).